The molecule has 0 radical (unpaired) electrons. The molecule has 3 aromatic rings. The van der Waals surface area contributed by atoms with Gasteiger partial charge in [0.2, 0.25) is 0 Å². The second-order valence-electron chi connectivity index (χ2n) is 5.89. The number of aryl methyl sites for hydroxylation is 2. The molecule has 2 N–H and O–H groups in total. The maximum Gasteiger partial charge on any atom is 0.172 e. The standard InChI is InChI=1S/C18H21FN6S/c1-3-24-12-15(13(2)22-24)10-20-18(26)21-17-8-9-25(23-17)11-14-6-4-5-7-16(14)19/h4-9,12H,3,10-11H2,1-2H3,(H2,20,21,23,26). The minimum Gasteiger partial charge on any atom is -0.358 e. The number of anilines is 1. The Morgan fingerprint density at radius 1 is 1.15 bits per heavy atom. The van der Waals surface area contributed by atoms with Gasteiger partial charge in [0.25, 0.3) is 0 Å². The van der Waals surface area contributed by atoms with Crippen LogP contribution in [-0.4, -0.2) is 24.7 Å². The lowest BCUT2D eigenvalue weighted by atomic mass is 10.2. The molecule has 0 spiro atoms. The minimum atomic E-state index is -0.238. The average Bonchev–Trinajstić information content (AvgIpc) is 3.21. The molecule has 6 nitrogen and oxygen atoms in total. The maximum atomic E-state index is 13.7. The summed E-state index contributed by atoms with van der Waals surface area (Å²) in [5, 5.41) is 15.4. The van der Waals surface area contributed by atoms with Crippen LogP contribution in [0.4, 0.5) is 10.2 Å². The zero-order valence-electron chi connectivity index (χ0n) is 14.7. The topological polar surface area (TPSA) is 59.7 Å². The van der Waals surface area contributed by atoms with Crippen molar-refractivity contribution in [3.63, 3.8) is 0 Å². The molecule has 1 aromatic carbocycles. The first-order valence-corrected chi connectivity index (χ1v) is 8.80. The van der Waals surface area contributed by atoms with Crippen LogP contribution < -0.4 is 10.6 Å². The first-order valence-electron chi connectivity index (χ1n) is 8.39. The fraction of sp³-hybridized carbons (Fsp3) is 0.278. The van der Waals surface area contributed by atoms with Gasteiger partial charge >= 0.3 is 0 Å². The van der Waals surface area contributed by atoms with Gasteiger partial charge in [0.1, 0.15) is 5.82 Å². The van der Waals surface area contributed by atoms with Gasteiger partial charge in [0, 0.05) is 42.7 Å². The highest BCUT2D eigenvalue weighted by atomic mass is 32.1. The molecule has 26 heavy (non-hydrogen) atoms. The van der Waals surface area contributed by atoms with Crippen LogP contribution in [0.1, 0.15) is 23.7 Å². The highest BCUT2D eigenvalue weighted by Crippen LogP contribution is 2.10. The van der Waals surface area contributed by atoms with Crippen LogP contribution in [0.3, 0.4) is 0 Å². The van der Waals surface area contributed by atoms with Crippen LogP contribution in [0.5, 0.6) is 0 Å². The van der Waals surface area contributed by atoms with E-state index < -0.39 is 0 Å². The van der Waals surface area contributed by atoms with E-state index in [-0.39, 0.29) is 5.82 Å². The van der Waals surface area contributed by atoms with Crippen LogP contribution >= 0.6 is 12.2 Å². The summed E-state index contributed by atoms with van der Waals surface area (Å²) >= 11 is 5.31. The molecular formula is C18H21FN6S. The number of nitrogens with zero attached hydrogens (tertiary/aromatic N) is 4. The molecule has 136 valence electrons. The molecule has 0 bridgehead atoms. The van der Waals surface area contributed by atoms with Crippen LogP contribution in [0.15, 0.2) is 42.7 Å². The van der Waals surface area contributed by atoms with Crippen LogP contribution in [-0.2, 0) is 19.6 Å². The third-order valence-corrected chi connectivity index (χ3v) is 4.23. The van der Waals surface area contributed by atoms with Crippen molar-refractivity contribution in [2.75, 3.05) is 5.32 Å². The van der Waals surface area contributed by atoms with Gasteiger partial charge in [0.05, 0.1) is 12.2 Å². The molecule has 0 saturated carbocycles. The van der Waals surface area contributed by atoms with Crippen molar-refractivity contribution in [1.29, 1.82) is 0 Å². The van der Waals surface area contributed by atoms with Gasteiger partial charge in [-0.25, -0.2) is 4.39 Å². The van der Waals surface area contributed by atoms with E-state index in [9.17, 15) is 4.39 Å². The summed E-state index contributed by atoms with van der Waals surface area (Å²) in [6, 6.07) is 8.47. The molecule has 2 aromatic heterocycles. The van der Waals surface area contributed by atoms with E-state index >= 15 is 0 Å². The third-order valence-electron chi connectivity index (χ3n) is 3.98. The number of hydrogen-bond donors (Lipinski definition) is 2. The molecule has 0 unspecified atom stereocenters. The summed E-state index contributed by atoms with van der Waals surface area (Å²) in [6.07, 6.45) is 3.79. The highest BCUT2D eigenvalue weighted by Gasteiger charge is 2.07. The zero-order valence-corrected chi connectivity index (χ0v) is 15.6. The second-order valence-corrected chi connectivity index (χ2v) is 6.30. The average molecular weight is 372 g/mol. The highest BCUT2D eigenvalue weighted by molar-refractivity contribution is 7.80. The lowest BCUT2D eigenvalue weighted by Gasteiger charge is -2.08. The Hall–Kier alpha value is -2.74. The smallest absolute Gasteiger partial charge is 0.172 e. The van der Waals surface area contributed by atoms with E-state index in [2.05, 4.69) is 20.8 Å². The Bertz CT molecular complexity index is 901. The lowest BCUT2D eigenvalue weighted by Crippen LogP contribution is -2.28. The van der Waals surface area contributed by atoms with Gasteiger partial charge < -0.3 is 10.6 Å². The third kappa shape index (κ3) is 4.45. The monoisotopic (exact) mass is 372 g/mol. The van der Waals surface area contributed by atoms with E-state index in [1.165, 1.54) is 6.07 Å². The van der Waals surface area contributed by atoms with Crippen LogP contribution in [0, 0.1) is 12.7 Å². The first-order chi connectivity index (χ1) is 12.5. The molecular weight excluding hydrogens is 351 g/mol. The molecule has 0 amide bonds. The van der Waals surface area contributed by atoms with Crippen molar-refractivity contribution in [2.45, 2.75) is 33.5 Å². The van der Waals surface area contributed by atoms with Gasteiger partial charge in [-0.1, -0.05) is 18.2 Å². The summed E-state index contributed by atoms with van der Waals surface area (Å²) in [6.45, 7) is 5.82. The summed E-state index contributed by atoms with van der Waals surface area (Å²) < 4.78 is 17.3. The SMILES string of the molecule is CCn1cc(CNC(=S)Nc2ccn(Cc3ccccc3F)n2)c(C)n1. The Labute approximate surface area is 157 Å². The van der Waals surface area contributed by atoms with Crippen LogP contribution in [0.2, 0.25) is 0 Å². The number of nitrogens with one attached hydrogen (secondary N) is 2. The van der Waals surface area contributed by atoms with Gasteiger partial charge in [0.15, 0.2) is 10.9 Å². The van der Waals surface area contributed by atoms with Crippen molar-refractivity contribution in [3.05, 3.63) is 65.4 Å². The van der Waals surface area contributed by atoms with E-state index in [1.54, 1.807) is 29.1 Å². The fourth-order valence-electron chi connectivity index (χ4n) is 2.55. The Kier molecular flexibility index (Phi) is 5.62. The van der Waals surface area contributed by atoms with Gasteiger partial charge in [-0.2, -0.15) is 10.2 Å². The fourth-order valence-corrected chi connectivity index (χ4v) is 2.72. The summed E-state index contributed by atoms with van der Waals surface area (Å²) in [7, 11) is 0. The Morgan fingerprint density at radius 2 is 1.96 bits per heavy atom. The van der Waals surface area contributed by atoms with Crippen molar-refractivity contribution in [2.24, 2.45) is 0 Å². The summed E-state index contributed by atoms with van der Waals surface area (Å²) in [5.41, 5.74) is 2.67. The van der Waals surface area contributed by atoms with E-state index in [0.29, 0.717) is 29.6 Å². The molecule has 0 aliphatic rings. The molecule has 0 aliphatic carbocycles. The van der Waals surface area contributed by atoms with E-state index in [0.717, 1.165) is 17.8 Å². The normalized spacial score (nSPS) is 10.7. The molecule has 0 fully saturated rings. The maximum absolute atomic E-state index is 13.7. The summed E-state index contributed by atoms with van der Waals surface area (Å²) in [5.74, 6) is 0.373. The molecule has 3 rings (SSSR count). The van der Waals surface area contributed by atoms with E-state index in [1.807, 2.05) is 30.8 Å². The minimum absolute atomic E-state index is 0.238. The number of hydrogen-bond acceptors (Lipinski definition) is 3. The zero-order chi connectivity index (χ0) is 18.5. The van der Waals surface area contributed by atoms with Gasteiger partial charge in [-0.15, -0.1) is 0 Å². The lowest BCUT2D eigenvalue weighted by molar-refractivity contribution is 0.586. The predicted octanol–water partition coefficient (Wildman–Crippen LogP) is 3.08. The Morgan fingerprint density at radius 3 is 2.69 bits per heavy atom. The second kappa shape index (κ2) is 8.09. The van der Waals surface area contributed by atoms with Crippen molar-refractivity contribution < 1.29 is 4.39 Å². The molecule has 8 heteroatoms. The largest absolute Gasteiger partial charge is 0.358 e. The number of halogens is 1. The Balaban J connectivity index is 1.54. The molecule has 0 saturated heterocycles. The quantitative estimate of drug-likeness (QED) is 0.651. The van der Waals surface area contributed by atoms with Gasteiger partial charge in [-0.05, 0) is 32.1 Å². The number of aromatic nitrogens is 4. The van der Waals surface area contributed by atoms with E-state index in [4.69, 9.17) is 12.2 Å². The van der Waals surface area contributed by atoms with Crippen molar-refractivity contribution in [1.82, 2.24) is 24.9 Å². The molecule has 0 atom stereocenters. The van der Waals surface area contributed by atoms with Gasteiger partial charge in [-0.3, -0.25) is 9.36 Å². The van der Waals surface area contributed by atoms with Crippen molar-refractivity contribution >= 4 is 23.1 Å². The molecule has 2 heterocycles. The summed E-state index contributed by atoms with van der Waals surface area (Å²) in [4.78, 5) is 0. The predicted molar refractivity (Wildman–Crippen MR) is 103 cm³/mol. The molecule has 0 aliphatic heterocycles. The number of benzene rings is 1. The first kappa shape index (κ1) is 18.1. The van der Waals surface area contributed by atoms with Crippen molar-refractivity contribution in [3.8, 4) is 0 Å². The number of rotatable bonds is 6. The number of thiocarbonyl (C=S) groups is 1. The van der Waals surface area contributed by atoms with Crippen LogP contribution in [0.25, 0.3) is 0 Å².